The first-order valence-electron chi connectivity index (χ1n) is 6.05. The summed E-state index contributed by atoms with van der Waals surface area (Å²) in [6.07, 6.45) is 0.944. The van der Waals surface area contributed by atoms with Gasteiger partial charge in [0.25, 0.3) is 0 Å². The number of Topliss-reactive ketones (excluding diaryl/α,β-unsaturated/α-hetero) is 1. The number of nitrogens with one attached hydrogen (secondary N) is 1. The number of sulfone groups is 1. The predicted molar refractivity (Wildman–Crippen MR) is 68.8 cm³/mol. The van der Waals surface area contributed by atoms with Crippen LogP contribution in [-0.2, 0) is 14.6 Å². The molecule has 17 heavy (non-hydrogen) atoms. The molecule has 0 aromatic rings. The summed E-state index contributed by atoms with van der Waals surface area (Å²) in [5, 5.41) is 3.15. The maximum Gasteiger partial charge on any atom is 0.155 e. The lowest BCUT2D eigenvalue weighted by Crippen LogP contribution is -2.35. The molecule has 1 aliphatic rings. The average molecular weight is 261 g/mol. The van der Waals surface area contributed by atoms with E-state index in [4.69, 9.17) is 0 Å². The Bertz CT molecular complexity index is 386. The number of hydrogen-bond acceptors (Lipinski definition) is 4. The van der Waals surface area contributed by atoms with Crippen molar-refractivity contribution in [1.82, 2.24) is 5.32 Å². The molecule has 0 bridgehead atoms. The van der Waals surface area contributed by atoms with Gasteiger partial charge in [-0.2, -0.15) is 0 Å². The Kier molecular flexibility index (Phi) is 4.04. The highest BCUT2D eigenvalue weighted by atomic mass is 32.2. The smallest absolute Gasteiger partial charge is 0.155 e. The zero-order valence-corrected chi connectivity index (χ0v) is 12.0. The predicted octanol–water partition coefficient (Wildman–Crippen LogP) is 1.16. The van der Waals surface area contributed by atoms with E-state index in [1.807, 2.05) is 6.92 Å². The first-order chi connectivity index (χ1) is 7.58. The normalized spacial score (nSPS) is 26.1. The standard InChI is InChI=1S/C12H23NO3S/c1-11(2,3)17(15,16)8-5-10(14)12(4)6-7-13-9-12/h13H,5-9H2,1-4H3. The van der Waals surface area contributed by atoms with Gasteiger partial charge in [-0.1, -0.05) is 6.92 Å². The van der Waals surface area contributed by atoms with Gasteiger partial charge in [-0.25, -0.2) is 8.42 Å². The molecule has 0 saturated carbocycles. The molecular formula is C12H23NO3S. The van der Waals surface area contributed by atoms with E-state index >= 15 is 0 Å². The Labute approximate surface area is 104 Å². The molecule has 100 valence electrons. The third-order valence-corrected chi connectivity index (χ3v) is 6.18. The molecule has 4 nitrogen and oxygen atoms in total. The second-order valence-electron chi connectivity index (χ2n) is 6.09. The van der Waals surface area contributed by atoms with E-state index in [-0.39, 0.29) is 23.4 Å². The van der Waals surface area contributed by atoms with Crippen molar-refractivity contribution in [1.29, 1.82) is 0 Å². The van der Waals surface area contributed by atoms with E-state index in [9.17, 15) is 13.2 Å². The molecule has 1 atom stereocenters. The summed E-state index contributed by atoms with van der Waals surface area (Å²) in [5.41, 5.74) is -0.368. The minimum absolute atomic E-state index is 0.0368. The summed E-state index contributed by atoms with van der Waals surface area (Å²) in [6.45, 7) is 8.44. The first-order valence-corrected chi connectivity index (χ1v) is 7.70. The number of carbonyl (C=O) groups excluding carboxylic acids is 1. The maximum atomic E-state index is 12.0. The van der Waals surface area contributed by atoms with E-state index in [1.165, 1.54) is 0 Å². The van der Waals surface area contributed by atoms with Crippen molar-refractivity contribution in [3.05, 3.63) is 0 Å². The lowest BCUT2D eigenvalue weighted by Gasteiger charge is -2.23. The molecule has 0 spiro atoms. The number of rotatable bonds is 4. The van der Waals surface area contributed by atoms with Gasteiger partial charge >= 0.3 is 0 Å². The van der Waals surface area contributed by atoms with Crippen LogP contribution in [0.15, 0.2) is 0 Å². The van der Waals surface area contributed by atoms with Crippen molar-refractivity contribution in [2.75, 3.05) is 18.8 Å². The van der Waals surface area contributed by atoms with Crippen LogP contribution < -0.4 is 5.32 Å². The topological polar surface area (TPSA) is 63.2 Å². The monoisotopic (exact) mass is 261 g/mol. The van der Waals surface area contributed by atoms with Gasteiger partial charge in [0.05, 0.1) is 10.5 Å². The van der Waals surface area contributed by atoms with Crippen molar-refractivity contribution >= 4 is 15.6 Å². The van der Waals surface area contributed by atoms with Crippen LogP contribution in [0.4, 0.5) is 0 Å². The van der Waals surface area contributed by atoms with E-state index in [0.717, 1.165) is 13.0 Å². The summed E-state index contributed by atoms with van der Waals surface area (Å²) in [4.78, 5) is 12.0. The number of carbonyl (C=O) groups is 1. The van der Waals surface area contributed by atoms with Gasteiger partial charge in [0.15, 0.2) is 9.84 Å². The molecule has 1 rings (SSSR count). The van der Waals surface area contributed by atoms with Crippen molar-refractivity contribution in [3.8, 4) is 0 Å². The molecule has 1 saturated heterocycles. The molecule has 1 N–H and O–H groups in total. The van der Waals surface area contributed by atoms with E-state index in [1.54, 1.807) is 20.8 Å². The van der Waals surface area contributed by atoms with E-state index in [0.29, 0.717) is 6.54 Å². The highest BCUT2D eigenvalue weighted by Gasteiger charge is 2.37. The summed E-state index contributed by atoms with van der Waals surface area (Å²) in [5.74, 6) is 0.0283. The van der Waals surface area contributed by atoms with Gasteiger partial charge in [0, 0.05) is 18.4 Å². The van der Waals surface area contributed by atoms with Gasteiger partial charge < -0.3 is 5.32 Å². The molecule has 1 heterocycles. The number of ketones is 1. The summed E-state index contributed by atoms with van der Waals surface area (Å²) >= 11 is 0. The van der Waals surface area contributed by atoms with Crippen LogP contribution >= 0.6 is 0 Å². The van der Waals surface area contributed by atoms with Gasteiger partial charge in [-0.15, -0.1) is 0 Å². The second-order valence-corrected chi connectivity index (χ2v) is 8.95. The second kappa shape index (κ2) is 4.69. The van der Waals surface area contributed by atoms with Crippen molar-refractivity contribution < 1.29 is 13.2 Å². The SMILES string of the molecule is CC1(C(=O)CCS(=O)(=O)C(C)(C)C)CCNC1. The lowest BCUT2D eigenvalue weighted by atomic mass is 9.84. The maximum absolute atomic E-state index is 12.0. The summed E-state index contributed by atoms with van der Waals surface area (Å²) in [7, 11) is -3.19. The minimum Gasteiger partial charge on any atom is -0.316 e. The number of hydrogen-bond donors (Lipinski definition) is 1. The van der Waals surface area contributed by atoms with Crippen LogP contribution in [0.1, 0.15) is 40.5 Å². The molecule has 0 aromatic carbocycles. The van der Waals surface area contributed by atoms with Crippen LogP contribution in [0, 0.1) is 5.41 Å². The highest BCUT2D eigenvalue weighted by molar-refractivity contribution is 7.92. The molecule has 1 unspecified atom stereocenters. The van der Waals surface area contributed by atoms with Gasteiger partial charge in [0.2, 0.25) is 0 Å². The third kappa shape index (κ3) is 3.28. The quantitative estimate of drug-likeness (QED) is 0.825. The lowest BCUT2D eigenvalue weighted by molar-refractivity contribution is -0.126. The molecule has 0 amide bonds. The zero-order chi connectivity index (χ0) is 13.3. The van der Waals surface area contributed by atoms with Crippen molar-refractivity contribution in [2.45, 2.75) is 45.3 Å². The fourth-order valence-electron chi connectivity index (χ4n) is 1.89. The Morgan fingerprint density at radius 3 is 2.35 bits per heavy atom. The molecule has 1 aliphatic heterocycles. The average Bonchev–Trinajstić information content (AvgIpc) is 2.61. The van der Waals surface area contributed by atoms with Crippen LogP contribution in [0.25, 0.3) is 0 Å². The largest absolute Gasteiger partial charge is 0.316 e. The molecule has 0 aliphatic carbocycles. The molecule has 0 aromatic heterocycles. The summed E-state index contributed by atoms with van der Waals surface area (Å²) in [6, 6.07) is 0. The van der Waals surface area contributed by atoms with Crippen LogP contribution in [0.2, 0.25) is 0 Å². The fourth-order valence-corrected chi connectivity index (χ4v) is 2.96. The van der Waals surface area contributed by atoms with Crippen LogP contribution in [-0.4, -0.2) is 37.8 Å². The Morgan fingerprint density at radius 1 is 1.35 bits per heavy atom. The van der Waals surface area contributed by atoms with Crippen molar-refractivity contribution in [3.63, 3.8) is 0 Å². The fraction of sp³-hybridized carbons (Fsp3) is 0.917. The third-order valence-electron chi connectivity index (χ3n) is 3.57. The Balaban J connectivity index is 2.60. The van der Waals surface area contributed by atoms with Crippen LogP contribution in [0.3, 0.4) is 0 Å². The van der Waals surface area contributed by atoms with Crippen LogP contribution in [0.5, 0.6) is 0 Å². The Morgan fingerprint density at radius 2 is 1.94 bits per heavy atom. The van der Waals surface area contributed by atoms with Gasteiger partial charge in [0.1, 0.15) is 5.78 Å². The molecular weight excluding hydrogens is 238 g/mol. The highest BCUT2D eigenvalue weighted by Crippen LogP contribution is 2.28. The van der Waals surface area contributed by atoms with Gasteiger partial charge in [-0.3, -0.25) is 4.79 Å². The minimum atomic E-state index is -3.19. The van der Waals surface area contributed by atoms with E-state index < -0.39 is 14.6 Å². The zero-order valence-electron chi connectivity index (χ0n) is 11.2. The summed E-state index contributed by atoms with van der Waals surface area (Å²) < 4.78 is 23.0. The molecule has 1 fully saturated rings. The molecule has 0 radical (unpaired) electrons. The Hall–Kier alpha value is -0.420. The van der Waals surface area contributed by atoms with Crippen molar-refractivity contribution in [2.24, 2.45) is 5.41 Å². The van der Waals surface area contributed by atoms with E-state index in [2.05, 4.69) is 5.32 Å². The first kappa shape index (κ1) is 14.6. The van der Waals surface area contributed by atoms with Gasteiger partial charge in [-0.05, 0) is 33.7 Å². The molecule has 5 heteroatoms.